The zero-order valence-corrected chi connectivity index (χ0v) is 16.8. The van der Waals surface area contributed by atoms with Gasteiger partial charge in [0, 0.05) is 6.07 Å². The van der Waals surface area contributed by atoms with E-state index in [2.05, 4.69) is 88.8 Å². The number of aryl methyl sites for hydroxylation is 3. The first-order chi connectivity index (χ1) is 12.3. The molecule has 0 aliphatic heterocycles. The third-order valence-corrected chi connectivity index (χ3v) is 5.63. The molecule has 1 heterocycles. The second-order valence-electron chi connectivity index (χ2n) is 8.33. The number of rotatable bonds is 3. The summed E-state index contributed by atoms with van der Waals surface area (Å²) in [7, 11) is 2.16. The summed E-state index contributed by atoms with van der Waals surface area (Å²) in [5, 5.41) is 2.76. The maximum atomic E-state index is 2.41. The number of pyridine rings is 1. The van der Waals surface area contributed by atoms with E-state index in [0.29, 0.717) is 5.92 Å². The van der Waals surface area contributed by atoms with Gasteiger partial charge in [0.05, 0.1) is 11.0 Å². The van der Waals surface area contributed by atoms with Gasteiger partial charge in [-0.05, 0) is 72.4 Å². The lowest BCUT2D eigenvalue weighted by molar-refractivity contribution is -0.672. The third-order valence-electron chi connectivity index (χ3n) is 5.63. The Morgan fingerprint density at radius 3 is 2.50 bits per heavy atom. The highest BCUT2D eigenvalue weighted by molar-refractivity contribution is 6.11. The summed E-state index contributed by atoms with van der Waals surface area (Å²) in [6.45, 7) is 11.2. The molecule has 1 aliphatic rings. The quantitative estimate of drug-likeness (QED) is 0.421. The fourth-order valence-corrected chi connectivity index (χ4v) is 4.38. The molecule has 1 aromatic heterocycles. The van der Waals surface area contributed by atoms with Crippen molar-refractivity contribution in [3.63, 3.8) is 0 Å². The van der Waals surface area contributed by atoms with Crippen LogP contribution >= 0.6 is 0 Å². The first-order valence-electron chi connectivity index (χ1n) is 9.60. The molecule has 0 unspecified atom stereocenters. The van der Waals surface area contributed by atoms with Gasteiger partial charge in [0.15, 0.2) is 6.20 Å². The molecule has 1 aliphatic carbocycles. The van der Waals surface area contributed by atoms with Gasteiger partial charge in [0.25, 0.3) is 0 Å². The Morgan fingerprint density at radius 1 is 1.00 bits per heavy atom. The lowest BCUT2D eigenvalue weighted by atomic mass is 9.93. The molecule has 4 rings (SSSR count). The van der Waals surface area contributed by atoms with Crippen LogP contribution in [0.15, 0.2) is 36.5 Å². The molecule has 26 heavy (non-hydrogen) atoms. The van der Waals surface area contributed by atoms with Crippen LogP contribution < -0.4 is 4.57 Å². The molecule has 0 bridgehead atoms. The van der Waals surface area contributed by atoms with Crippen molar-refractivity contribution < 1.29 is 4.57 Å². The van der Waals surface area contributed by atoms with Gasteiger partial charge in [-0.25, -0.2) is 4.57 Å². The molecule has 132 valence electrons. The van der Waals surface area contributed by atoms with Gasteiger partial charge in [-0.2, -0.15) is 0 Å². The summed E-state index contributed by atoms with van der Waals surface area (Å²) in [6, 6.07) is 11.7. The van der Waals surface area contributed by atoms with E-state index >= 15 is 0 Å². The van der Waals surface area contributed by atoms with E-state index in [0.717, 1.165) is 6.42 Å². The monoisotopic (exact) mass is 342 g/mol. The molecule has 1 heteroatoms. The van der Waals surface area contributed by atoms with E-state index in [9.17, 15) is 0 Å². The highest BCUT2D eigenvalue weighted by Crippen LogP contribution is 2.40. The lowest BCUT2D eigenvalue weighted by Gasteiger charge is -2.12. The largest absolute Gasteiger partial charge is 0.221 e. The second kappa shape index (κ2) is 6.09. The number of aromatic nitrogens is 1. The highest BCUT2D eigenvalue weighted by Gasteiger charge is 2.28. The zero-order chi connectivity index (χ0) is 18.6. The summed E-state index contributed by atoms with van der Waals surface area (Å²) in [6.07, 6.45) is 5.74. The van der Waals surface area contributed by atoms with Crippen LogP contribution in [0.5, 0.6) is 0 Å². The first-order valence-corrected chi connectivity index (χ1v) is 9.60. The standard InChI is InChI=1S/C25H28N/c1-15(2)9-19-12-20-7-8-26(6)25-23(14-21(13-19)24(20)25)22-11-16(3)10-17(4)18(22)5/h7-8,10-15H,9H2,1-6H3/q+1. The lowest BCUT2D eigenvalue weighted by Crippen LogP contribution is -2.32. The predicted octanol–water partition coefficient (Wildman–Crippen LogP) is 5.69. The Bertz CT molecular complexity index is 1070. The van der Waals surface area contributed by atoms with Crippen molar-refractivity contribution in [3.05, 3.63) is 75.6 Å². The zero-order valence-electron chi connectivity index (χ0n) is 16.8. The van der Waals surface area contributed by atoms with Crippen LogP contribution in [0, 0.1) is 26.7 Å². The van der Waals surface area contributed by atoms with Gasteiger partial charge < -0.3 is 0 Å². The summed E-state index contributed by atoms with van der Waals surface area (Å²) >= 11 is 0. The van der Waals surface area contributed by atoms with Gasteiger partial charge in [0.2, 0.25) is 5.69 Å². The van der Waals surface area contributed by atoms with Crippen molar-refractivity contribution in [2.75, 3.05) is 0 Å². The number of benzene rings is 2. The van der Waals surface area contributed by atoms with Crippen molar-refractivity contribution in [2.45, 2.75) is 41.0 Å². The molecule has 0 saturated carbocycles. The van der Waals surface area contributed by atoms with Crippen molar-refractivity contribution >= 4 is 22.4 Å². The molecule has 0 radical (unpaired) electrons. The molecular formula is C25H28N+. The maximum Gasteiger partial charge on any atom is 0.221 e. The second-order valence-corrected chi connectivity index (χ2v) is 8.33. The van der Waals surface area contributed by atoms with Crippen molar-refractivity contribution in [2.24, 2.45) is 13.0 Å². The Morgan fingerprint density at radius 2 is 1.77 bits per heavy atom. The predicted molar refractivity (Wildman–Crippen MR) is 111 cm³/mol. The Balaban J connectivity index is 1.99. The van der Waals surface area contributed by atoms with Gasteiger partial charge in [-0.1, -0.05) is 43.7 Å². The molecule has 0 saturated heterocycles. The normalized spacial score (nSPS) is 13.0. The average molecular weight is 343 g/mol. The van der Waals surface area contributed by atoms with E-state index in [-0.39, 0.29) is 0 Å². The summed E-state index contributed by atoms with van der Waals surface area (Å²) in [5.74, 6) is 0.672. The van der Waals surface area contributed by atoms with Crippen LogP contribution in [0.25, 0.3) is 22.4 Å². The van der Waals surface area contributed by atoms with E-state index in [1.54, 1.807) is 0 Å². The molecule has 3 aromatic rings. The molecule has 2 aromatic carbocycles. The molecule has 0 amide bonds. The van der Waals surface area contributed by atoms with Gasteiger partial charge >= 0.3 is 0 Å². The van der Waals surface area contributed by atoms with Crippen LogP contribution in [0.4, 0.5) is 0 Å². The van der Waals surface area contributed by atoms with Crippen LogP contribution in [-0.2, 0) is 13.5 Å². The Labute approximate surface area is 157 Å². The van der Waals surface area contributed by atoms with E-state index < -0.39 is 0 Å². The highest BCUT2D eigenvalue weighted by atomic mass is 14.9. The van der Waals surface area contributed by atoms with Crippen molar-refractivity contribution in [3.8, 4) is 0 Å². The van der Waals surface area contributed by atoms with Crippen LogP contribution in [0.1, 0.15) is 52.9 Å². The third kappa shape index (κ3) is 2.67. The van der Waals surface area contributed by atoms with E-state index in [1.165, 1.54) is 55.4 Å². The van der Waals surface area contributed by atoms with Gasteiger partial charge in [-0.15, -0.1) is 0 Å². The molecule has 0 fully saturated rings. The summed E-state index contributed by atoms with van der Waals surface area (Å²) in [5.41, 5.74) is 11.0. The van der Waals surface area contributed by atoms with Crippen LogP contribution in [-0.4, -0.2) is 0 Å². The van der Waals surface area contributed by atoms with Crippen LogP contribution in [0.2, 0.25) is 0 Å². The SMILES string of the molecule is Cc1cc(C)c(C)c(C2=Cc3cc(CC(C)C)cc4cc[n+](C)c2c34)c1. The number of hydrogen-bond acceptors (Lipinski definition) is 0. The number of hydrogen-bond donors (Lipinski definition) is 0. The smallest absolute Gasteiger partial charge is 0.200 e. The first kappa shape index (κ1) is 17.0. The fourth-order valence-electron chi connectivity index (χ4n) is 4.38. The fraction of sp³-hybridized carbons (Fsp3) is 0.320. The summed E-state index contributed by atoms with van der Waals surface area (Å²) < 4.78 is 2.28. The van der Waals surface area contributed by atoms with Gasteiger partial charge in [-0.3, -0.25) is 0 Å². The molecular weight excluding hydrogens is 314 g/mol. The van der Waals surface area contributed by atoms with Crippen molar-refractivity contribution in [1.29, 1.82) is 0 Å². The van der Waals surface area contributed by atoms with Crippen molar-refractivity contribution in [1.82, 2.24) is 0 Å². The Kier molecular flexibility index (Phi) is 3.99. The Hall–Kier alpha value is -2.41. The minimum Gasteiger partial charge on any atom is -0.200 e. The maximum absolute atomic E-state index is 2.41. The van der Waals surface area contributed by atoms with Gasteiger partial charge in [0.1, 0.15) is 7.05 Å². The molecule has 0 atom stereocenters. The number of nitrogens with zero attached hydrogens (tertiary/aromatic N) is 1. The van der Waals surface area contributed by atoms with E-state index in [1.807, 2.05) is 0 Å². The minimum atomic E-state index is 0.672. The van der Waals surface area contributed by atoms with E-state index in [4.69, 9.17) is 0 Å². The summed E-state index contributed by atoms with van der Waals surface area (Å²) in [4.78, 5) is 0. The molecule has 1 nitrogen and oxygen atoms in total. The molecule has 0 N–H and O–H groups in total. The average Bonchev–Trinajstić information content (AvgIpc) is 2.94. The molecule has 0 spiro atoms. The van der Waals surface area contributed by atoms with Crippen LogP contribution in [0.3, 0.4) is 0 Å². The topological polar surface area (TPSA) is 3.88 Å². The minimum absolute atomic E-state index is 0.672.